The molecule has 152 valence electrons. The topological polar surface area (TPSA) is 57.8 Å². The largest absolute Gasteiger partial charge is 0.337 e. The van der Waals surface area contributed by atoms with Crippen LogP contribution < -0.4 is 5.32 Å². The maximum Gasteiger partial charge on any atom is 0.244 e. The first-order valence-corrected chi connectivity index (χ1v) is 10.2. The second-order valence-electron chi connectivity index (χ2n) is 7.30. The molecular formula is C26H20ClN3O. The van der Waals surface area contributed by atoms with Crippen molar-refractivity contribution in [1.29, 1.82) is 5.26 Å². The van der Waals surface area contributed by atoms with Gasteiger partial charge in [-0.3, -0.25) is 4.79 Å². The number of nitrogens with zero attached hydrogens (tertiary/aromatic N) is 2. The van der Waals surface area contributed by atoms with E-state index in [0.717, 1.165) is 27.7 Å². The molecule has 0 aliphatic heterocycles. The van der Waals surface area contributed by atoms with Crippen LogP contribution in [-0.4, -0.2) is 10.5 Å². The molecule has 0 aliphatic rings. The minimum atomic E-state index is -0.117. The number of para-hydroxylation sites is 1. The Morgan fingerprint density at radius 2 is 1.87 bits per heavy atom. The van der Waals surface area contributed by atoms with E-state index >= 15 is 0 Å². The summed E-state index contributed by atoms with van der Waals surface area (Å²) < 4.78 is 1.90. The van der Waals surface area contributed by atoms with Gasteiger partial charge in [0.05, 0.1) is 11.6 Å². The molecule has 0 bridgehead atoms. The average Bonchev–Trinajstić information content (AvgIpc) is 3.10. The summed E-state index contributed by atoms with van der Waals surface area (Å²) in [5, 5.41) is 14.2. The van der Waals surface area contributed by atoms with Crippen LogP contribution in [-0.2, 0) is 11.3 Å². The molecule has 0 saturated heterocycles. The minimum absolute atomic E-state index is 0.117. The Balaban J connectivity index is 1.68. The zero-order valence-electron chi connectivity index (χ0n) is 17.0. The monoisotopic (exact) mass is 425 g/mol. The van der Waals surface area contributed by atoms with Crippen molar-refractivity contribution in [3.8, 4) is 6.07 Å². The number of hydrogen-bond acceptors (Lipinski definition) is 2. The molecular weight excluding hydrogens is 406 g/mol. The van der Waals surface area contributed by atoms with E-state index in [1.165, 1.54) is 0 Å². The first-order chi connectivity index (χ1) is 15.0. The van der Waals surface area contributed by atoms with Gasteiger partial charge in [-0.2, -0.15) is 5.26 Å². The fraction of sp³-hybridized carbons (Fsp3) is 0.0769. The van der Waals surface area contributed by atoms with Gasteiger partial charge >= 0.3 is 0 Å². The molecule has 4 aromatic rings. The second kappa shape index (κ2) is 8.91. The van der Waals surface area contributed by atoms with Gasteiger partial charge < -0.3 is 9.88 Å². The van der Waals surface area contributed by atoms with Crippen LogP contribution in [0.25, 0.3) is 22.6 Å². The van der Waals surface area contributed by atoms with Gasteiger partial charge in [-0.1, -0.05) is 60.1 Å². The van der Waals surface area contributed by atoms with Crippen LogP contribution in [0.5, 0.6) is 0 Å². The van der Waals surface area contributed by atoms with Crippen LogP contribution in [0.3, 0.4) is 0 Å². The highest BCUT2D eigenvalue weighted by Gasteiger charge is 2.12. The average molecular weight is 426 g/mol. The molecule has 0 unspecified atom stereocenters. The number of carbonyl (C=O) groups is 1. The standard InChI is InChI=1S/C26H20ClN3O/c1-18-7-6-8-21(13-18)29-26(31)17-30-16-20(23-10-3-5-12-25(23)30)14-19(15-28)22-9-2-4-11-24(22)27/h2-14,16H,17H2,1H3,(H,29,31). The van der Waals surface area contributed by atoms with Crippen molar-refractivity contribution in [1.82, 2.24) is 4.57 Å². The number of allylic oxidation sites excluding steroid dienone is 1. The number of carbonyl (C=O) groups excluding carboxylic acids is 1. The van der Waals surface area contributed by atoms with E-state index in [1.54, 1.807) is 6.07 Å². The zero-order valence-corrected chi connectivity index (χ0v) is 17.7. The summed E-state index contributed by atoms with van der Waals surface area (Å²) in [6.07, 6.45) is 3.72. The van der Waals surface area contributed by atoms with Crippen LogP contribution in [0.1, 0.15) is 16.7 Å². The summed E-state index contributed by atoms with van der Waals surface area (Å²) in [4.78, 5) is 12.7. The number of benzene rings is 3. The van der Waals surface area contributed by atoms with Crippen LogP contribution in [0.4, 0.5) is 5.69 Å². The van der Waals surface area contributed by atoms with Gasteiger partial charge in [-0.15, -0.1) is 0 Å². The number of aryl methyl sites for hydroxylation is 1. The predicted molar refractivity (Wildman–Crippen MR) is 127 cm³/mol. The summed E-state index contributed by atoms with van der Waals surface area (Å²) in [5.74, 6) is -0.117. The number of nitriles is 1. The number of amides is 1. The van der Waals surface area contributed by atoms with Gasteiger partial charge in [-0.25, -0.2) is 0 Å². The molecule has 1 N–H and O–H groups in total. The molecule has 3 aromatic carbocycles. The van der Waals surface area contributed by atoms with Crippen molar-refractivity contribution >= 4 is 45.7 Å². The summed E-state index contributed by atoms with van der Waals surface area (Å²) in [6.45, 7) is 2.15. The summed E-state index contributed by atoms with van der Waals surface area (Å²) in [7, 11) is 0. The van der Waals surface area contributed by atoms with E-state index in [1.807, 2.05) is 90.5 Å². The number of fused-ring (bicyclic) bond motifs is 1. The van der Waals surface area contributed by atoms with Crippen LogP contribution in [0, 0.1) is 18.3 Å². The van der Waals surface area contributed by atoms with Crippen molar-refractivity contribution in [3.63, 3.8) is 0 Å². The molecule has 0 saturated carbocycles. The molecule has 1 aromatic heterocycles. The molecule has 4 rings (SSSR count). The van der Waals surface area contributed by atoms with E-state index < -0.39 is 0 Å². The smallest absolute Gasteiger partial charge is 0.244 e. The van der Waals surface area contributed by atoms with Crippen molar-refractivity contribution in [3.05, 3.63) is 101 Å². The van der Waals surface area contributed by atoms with Crippen molar-refractivity contribution in [2.75, 3.05) is 5.32 Å². The van der Waals surface area contributed by atoms with Gasteiger partial charge in [0.25, 0.3) is 0 Å². The first kappa shape index (κ1) is 20.5. The number of halogens is 1. The number of hydrogen-bond donors (Lipinski definition) is 1. The first-order valence-electron chi connectivity index (χ1n) is 9.86. The quantitative estimate of drug-likeness (QED) is 0.381. The molecule has 5 heteroatoms. The fourth-order valence-corrected chi connectivity index (χ4v) is 3.84. The normalized spacial score (nSPS) is 11.3. The lowest BCUT2D eigenvalue weighted by atomic mass is 10.0. The van der Waals surface area contributed by atoms with Gasteiger partial charge in [0.1, 0.15) is 6.54 Å². The molecule has 0 spiro atoms. The highest BCUT2D eigenvalue weighted by atomic mass is 35.5. The molecule has 31 heavy (non-hydrogen) atoms. The lowest BCUT2D eigenvalue weighted by Gasteiger charge is -2.08. The van der Waals surface area contributed by atoms with Gasteiger partial charge in [-0.05, 0) is 42.8 Å². The van der Waals surface area contributed by atoms with Crippen LogP contribution >= 0.6 is 11.6 Å². The van der Waals surface area contributed by atoms with E-state index in [0.29, 0.717) is 16.2 Å². The number of rotatable bonds is 5. The van der Waals surface area contributed by atoms with E-state index in [-0.39, 0.29) is 12.5 Å². The van der Waals surface area contributed by atoms with Crippen LogP contribution in [0.15, 0.2) is 79.0 Å². The Morgan fingerprint density at radius 1 is 1.10 bits per heavy atom. The maximum atomic E-state index is 12.7. The summed E-state index contributed by atoms with van der Waals surface area (Å²) >= 11 is 6.29. The third-order valence-corrected chi connectivity index (χ3v) is 5.35. The van der Waals surface area contributed by atoms with E-state index in [2.05, 4.69) is 11.4 Å². The Kier molecular flexibility index (Phi) is 5.88. The van der Waals surface area contributed by atoms with Gasteiger partial charge in [0, 0.05) is 38.9 Å². The summed E-state index contributed by atoms with van der Waals surface area (Å²) in [5.41, 5.74) is 4.78. The molecule has 1 heterocycles. The van der Waals surface area contributed by atoms with E-state index in [4.69, 9.17) is 11.6 Å². The molecule has 1 amide bonds. The maximum absolute atomic E-state index is 12.7. The Bertz CT molecular complexity index is 1340. The predicted octanol–water partition coefficient (Wildman–Crippen LogP) is 6.31. The Labute approximate surface area is 186 Å². The van der Waals surface area contributed by atoms with Crippen LogP contribution in [0.2, 0.25) is 5.02 Å². The lowest BCUT2D eigenvalue weighted by Crippen LogP contribution is -2.18. The lowest BCUT2D eigenvalue weighted by molar-refractivity contribution is -0.116. The van der Waals surface area contributed by atoms with Gasteiger partial charge in [0.15, 0.2) is 0 Å². The van der Waals surface area contributed by atoms with E-state index in [9.17, 15) is 10.1 Å². The minimum Gasteiger partial charge on any atom is -0.337 e. The molecule has 0 atom stereocenters. The molecule has 0 radical (unpaired) electrons. The number of nitrogens with one attached hydrogen (secondary N) is 1. The molecule has 0 aliphatic carbocycles. The SMILES string of the molecule is Cc1cccc(NC(=O)Cn2cc(C=C(C#N)c3ccccc3Cl)c3ccccc32)c1. The Morgan fingerprint density at radius 3 is 2.65 bits per heavy atom. The van der Waals surface area contributed by atoms with Gasteiger partial charge in [0.2, 0.25) is 5.91 Å². The Hall–Kier alpha value is -3.81. The highest BCUT2D eigenvalue weighted by molar-refractivity contribution is 6.32. The number of aromatic nitrogens is 1. The molecule has 0 fully saturated rings. The number of anilines is 1. The second-order valence-corrected chi connectivity index (χ2v) is 7.70. The van der Waals surface area contributed by atoms with Crippen molar-refractivity contribution in [2.45, 2.75) is 13.5 Å². The highest BCUT2D eigenvalue weighted by Crippen LogP contribution is 2.29. The zero-order chi connectivity index (χ0) is 21.8. The fourth-order valence-electron chi connectivity index (χ4n) is 3.60. The third kappa shape index (κ3) is 4.53. The van der Waals surface area contributed by atoms with Crippen molar-refractivity contribution < 1.29 is 4.79 Å². The molecule has 4 nitrogen and oxygen atoms in total. The summed E-state index contributed by atoms with van der Waals surface area (Å²) in [6, 6.07) is 25.1. The van der Waals surface area contributed by atoms with Crippen molar-refractivity contribution in [2.24, 2.45) is 0 Å². The third-order valence-electron chi connectivity index (χ3n) is 5.02.